The molecule has 0 N–H and O–H groups in total. The highest BCUT2D eigenvalue weighted by molar-refractivity contribution is 4.54. The molecule has 0 aliphatic rings. The second-order valence-electron chi connectivity index (χ2n) is 9.89. The average molecular weight is 538 g/mol. The van der Waals surface area contributed by atoms with Crippen LogP contribution in [-0.4, -0.2) is 30.7 Å². The fraction of sp³-hybridized carbons (Fsp3) is 1.00. The van der Waals surface area contributed by atoms with Crippen molar-refractivity contribution in [2.45, 2.75) is 156 Å². The van der Waals surface area contributed by atoms with E-state index in [1.54, 1.807) is 0 Å². The summed E-state index contributed by atoms with van der Waals surface area (Å²) in [5.74, 6) is 0. The first-order chi connectivity index (χ1) is 14.2. The van der Waals surface area contributed by atoms with Gasteiger partial charge in [0.05, 0.1) is 26.2 Å². The van der Waals surface area contributed by atoms with E-state index in [1.807, 2.05) is 0 Å². The first kappa shape index (κ1) is 32.9. The van der Waals surface area contributed by atoms with E-state index in [0.717, 1.165) is 0 Å². The Hall–Kier alpha value is 0.690. The third-order valence-corrected chi connectivity index (χ3v) is 6.94. The van der Waals surface area contributed by atoms with Gasteiger partial charge in [-0.2, -0.15) is 0 Å². The Balaban J connectivity index is 0. The molecule has 0 aliphatic heterocycles. The summed E-state index contributed by atoms with van der Waals surface area (Å²) in [4.78, 5) is 0. The zero-order chi connectivity index (χ0) is 21.5. The normalized spacial score (nSPS) is 11.6. The molecular formula is C28H60IN. The van der Waals surface area contributed by atoms with Crippen molar-refractivity contribution in [1.29, 1.82) is 0 Å². The lowest BCUT2D eigenvalue weighted by molar-refractivity contribution is -0.929. The van der Waals surface area contributed by atoms with Crippen LogP contribution in [0.2, 0.25) is 0 Å². The summed E-state index contributed by atoms with van der Waals surface area (Å²) in [5.41, 5.74) is 0. The van der Waals surface area contributed by atoms with Crippen molar-refractivity contribution in [3.63, 3.8) is 0 Å². The van der Waals surface area contributed by atoms with Gasteiger partial charge >= 0.3 is 0 Å². The van der Waals surface area contributed by atoms with Gasteiger partial charge in [0.15, 0.2) is 0 Å². The minimum Gasteiger partial charge on any atom is -1.00 e. The summed E-state index contributed by atoms with van der Waals surface area (Å²) in [5, 5.41) is 0. The highest BCUT2D eigenvalue weighted by atomic mass is 127. The highest BCUT2D eigenvalue weighted by Gasteiger charge is 2.25. The number of nitrogens with zero attached hydrogens (tertiary/aromatic N) is 1. The van der Waals surface area contributed by atoms with Crippen molar-refractivity contribution in [3.8, 4) is 0 Å². The SMILES string of the molecule is CCCCCCCC[N+](CCCCCC)(CCCCCC)CCCCCCCC.[I-]. The van der Waals surface area contributed by atoms with Crippen LogP contribution in [0, 0.1) is 0 Å². The topological polar surface area (TPSA) is 0 Å². The molecule has 30 heavy (non-hydrogen) atoms. The molecule has 184 valence electrons. The van der Waals surface area contributed by atoms with Crippen LogP contribution in [-0.2, 0) is 0 Å². The number of halogens is 1. The number of rotatable bonds is 24. The van der Waals surface area contributed by atoms with Gasteiger partial charge in [0.25, 0.3) is 0 Å². The molecular weight excluding hydrogens is 477 g/mol. The zero-order valence-electron chi connectivity index (χ0n) is 21.8. The molecule has 0 atom stereocenters. The molecule has 2 heteroatoms. The quantitative estimate of drug-likeness (QED) is 0.0731. The lowest BCUT2D eigenvalue weighted by atomic mass is 10.1. The molecule has 0 bridgehead atoms. The lowest BCUT2D eigenvalue weighted by Crippen LogP contribution is -3.00. The van der Waals surface area contributed by atoms with E-state index in [1.165, 1.54) is 159 Å². The summed E-state index contributed by atoms with van der Waals surface area (Å²) in [6.07, 6.45) is 28.8. The van der Waals surface area contributed by atoms with Gasteiger partial charge in [-0.3, -0.25) is 0 Å². The zero-order valence-corrected chi connectivity index (χ0v) is 24.0. The maximum atomic E-state index is 2.35. The van der Waals surface area contributed by atoms with E-state index in [2.05, 4.69) is 27.7 Å². The van der Waals surface area contributed by atoms with Crippen LogP contribution >= 0.6 is 0 Å². The minimum atomic E-state index is 0. The van der Waals surface area contributed by atoms with Gasteiger partial charge in [0.1, 0.15) is 0 Å². The van der Waals surface area contributed by atoms with Crippen molar-refractivity contribution < 1.29 is 28.5 Å². The van der Waals surface area contributed by atoms with E-state index in [9.17, 15) is 0 Å². The summed E-state index contributed by atoms with van der Waals surface area (Å²) in [6.45, 7) is 15.2. The van der Waals surface area contributed by atoms with E-state index >= 15 is 0 Å². The third-order valence-electron chi connectivity index (χ3n) is 6.94. The molecule has 0 spiro atoms. The van der Waals surface area contributed by atoms with Crippen molar-refractivity contribution in [2.24, 2.45) is 0 Å². The predicted octanol–water partition coefficient (Wildman–Crippen LogP) is 6.69. The van der Waals surface area contributed by atoms with Crippen LogP contribution in [0.25, 0.3) is 0 Å². The number of quaternary nitrogens is 1. The highest BCUT2D eigenvalue weighted by Crippen LogP contribution is 2.20. The van der Waals surface area contributed by atoms with Crippen LogP contribution in [0.1, 0.15) is 156 Å². The number of unbranched alkanes of at least 4 members (excludes halogenated alkanes) is 16. The van der Waals surface area contributed by atoms with Crippen LogP contribution < -0.4 is 24.0 Å². The standard InChI is InChI=1S/C28H60N.HI/c1-5-9-13-17-19-23-27-29(25-21-15-11-7-3,26-22-16-12-8-4)28-24-20-18-14-10-6-2;/h5-28H2,1-4H3;1H/q+1;/p-1. The van der Waals surface area contributed by atoms with E-state index in [-0.39, 0.29) is 24.0 Å². The van der Waals surface area contributed by atoms with Gasteiger partial charge in [-0.1, -0.05) is 105 Å². The molecule has 0 aromatic carbocycles. The van der Waals surface area contributed by atoms with E-state index in [4.69, 9.17) is 0 Å². The number of hydrogen-bond acceptors (Lipinski definition) is 0. The molecule has 0 radical (unpaired) electrons. The van der Waals surface area contributed by atoms with Gasteiger partial charge in [-0.15, -0.1) is 0 Å². The second-order valence-corrected chi connectivity index (χ2v) is 9.89. The average Bonchev–Trinajstić information content (AvgIpc) is 2.73. The first-order valence-electron chi connectivity index (χ1n) is 14.1. The fourth-order valence-electron chi connectivity index (χ4n) is 4.87. The smallest absolute Gasteiger partial charge is 0.0786 e. The molecule has 0 saturated heterocycles. The molecule has 1 nitrogen and oxygen atoms in total. The molecule has 0 aromatic heterocycles. The van der Waals surface area contributed by atoms with Gasteiger partial charge in [0, 0.05) is 0 Å². The Morgan fingerprint density at radius 2 is 0.500 bits per heavy atom. The molecule has 0 saturated carbocycles. The third kappa shape index (κ3) is 20.6. The molecule has 0 aliphatic carbocycles. The first-order valence-corrected chi connectivity index (χ1v) is 14.1. The van der Waals surface area contributed by atoms with Crippen molar-refractivity contribution >= 4 is 0 Å². The Morgan fingerprint density at radius 1 is 0.300 bits per heavy atom. The molecule has 0 heterocycles. The Bertz CT molecular complexity index is 275. The van der Waals surface area contributed by atoms with Crippen LogP contribution in [0.5, 0.6) is 0 Å². The van der Waals surface area contributed by atoms with Crippen LogP contribution in [0.15, 0.2) is 0 Å². The fourth-order valence-corrected chi connectivity index (χ4v) is 4.87. The summed E-state index contributed by atoms with van der Waals surface area (Å²) >= 11 is 0. The van der Waals surface area contributed by atoms with Gasteiger partial charge in [-0.05, 0) is 51.4 Å². The minimum absolute atomic E-state index is 0. The maximum absolute atomic E-state index is 2.35. The van der Waals surface area contributed by atoms with Gasteiger partial charge in [0.2, 0.25) is 0 Å². The molecule has 0 rings (SSSR count). The number of hydrogen-bond donors (Lipinski definition) is 0. The Morgan fingerprint density at radius 3 is 0.767 bits per heavy atom. The van der Waals surface area contributed by atoms with E-state index in [0.29, 0.717) is 0 Å². The van der Waals surface area contributed by atoms with Crippen molar-refractivity contribution in [1.82, 2.24) is 0 Å². The summed E-state index contributed by atoms with van der Waals surface area (Å²) in [6, 6.07) is 0. The summed E-state index contributed by atoms with van der Waals surface area (Å²) < 4.78 is 1.47. The van der Waals surface area contributed by atoms with Crippen LogP contribution in [0.4, 0.5) is 0 Å². The molecule has 0 amide bonds. The van der Waals surface area contributed by atoms with Crippen LogP contribution in [0.3, 0.4) is 0 Å². The van der Waals surface area contributed by atoms with Gasteiger partial charge in [-0.25, -0.2) is 0 Å². The monoisotopic (exact) mass is 537 g/mol. The predicted molar refractivity (Wildman–Crippen MR) is 135 cm³/mol. The molecule has 0 aromatic rings. The molecule has 0 fully saturated rings. The second kappa shape index (κ2) is 25.9. The Kier molecular flexibility index (Phi) is 28.4. The van der Waals surface area contributed by atoms with Crippen molar-refractivity contribution in [2.75, 3.05) is 26.2 Å². The summed E-state index contributed by atoms with van der Waals surface area (Å²) in [7, 11) is 0. The Labute approximate surface area is 210 Å². The largest absolute Gasteiger partial charge is 1.00 e. The molecule has 0 unspecified atom stereocenters. The van der Waals surface area contributed by atoms with Gasteiger partial charge < -0.3 is 28.5 Å². The van der Waals surface area contributed by atoms with Crippen molar-refractivity contribution in [3.05, 3.63) is 0 Å². The van der Waals surface area contributed by atoms with E-state index < -0.39 is 0 Å². The lowest BCUT2D eigenvalue weighted by Gasteiger charge is -2.39. The maximum Gasteiger partial charge on any atom is 0.0786 e.